The molecule has 0 spiro atoms. The van der Waals surface area contributed by atoms with E-state index < -0.39 is 0 Å². The first kappa shape index (κ1) is 17.2. The van der Waals surface area contributed by atoms with Crippen LogP contribution >= 0.6 is 0 Å². The van der Waals surface area contributed by atoms with Gasteiger partial charge in [0.1, 0.15) is 0 Å². The highest BCUT2D eigenvalue weighted by Gasteiger charge is 2.01. The van der Waals surface area contributed by atoms with Crippen LogP contribution in [0.25, 0.3) is 0 Å². The lowest BCUT2D eigenvalue weighted by molar-refractivity contribution is -0.143. The second kappa shape index (κ2) is 14.3. The van der Waals surface area contributed by atoms with Crippen molar-refractivity contribution in [2.75, 3.05) is 6.61 Å². The first-order chi connectivity index (χ1) is 8.81. The summed E-state index contributed by atoms with van der Waals surface area (Å²) in [6, 6.07) is 0. The fourth-order valence-electron chi connectivity index (χ4n) is 1.88. The Labute approximate surface area is 113 Å². The Kier molecular flexibility index (Phi) is 13.6. The van der Waals surface area contributed by atoms with Gasteiger partial charge in [0.25, 0.3) is 0 Å². The van der Waals surface area contributed by atoms with E-state index in [0.717, 1.165) is 19.3 Å². The summed E-state index contributed by atoms with van der Waals surface area (Å²) in [6.45, 7) is 6.47. The first-order valence-corrected chi connectivity index (χ1v) is 7.57. The fraction of sp³-hybridized carbons (Fsp3) is 0.812. The summed E-state index contributed by atoms with van der Waals surface area (Å²) in [5.41, 5.74) is 0. The number of ether oxygens (including phenoxy) is 1. The average molecular weight is 254 g/mol. The minimum absolute atomic E-state index is 0.0557. The minimum Gasteiger partial charge on any atom is -0.466 e. The molecule has 0 unspecified atom stereocenters. The summed E-state index contributed by atoms with van der Waals surface area (Å²) in [5, 5.41) is 0. The van der Waals surface area contributed by atoms with Gasteiger partial charge < -0.3 is 4.74 Å². The molecule has 0 aromatic heterocycles. The largest absolute Gasteiger partial charge is 0.466 e. The number of allylic oxidation sites excluding steroid dienone is 1. The molecule has 0 rings (SSSR count). The van der Waals surface area contributed by atoms with Crippen molar-refractivity contribution >= 4 is 5.97 Å². The van der Waals surface area contributed by atoms with Crippen molar-refractivity contribution in [3.05, 3.63) is 12.7 Å². The molecule has 0 N–H and O–H groups in total. The van der Waals surface area contributed by atoms with Gasteiger partial charge in [0.05, 0.1) is 6.61 Å². The number of hydrogen-bond acceptors (Lipinski definition) is 2. The van der Waals surface area contributed by atoms with Crippen LogP contribution in [0.2, 0.25) is 0 Å². The molecule has 0 aromatic carbocycles. The van der Waals surface area contributed by atoms with E-state index in [1.165, 1.54) is 44.9 Å². The molecule has 0 amide bonds. The summed E-state index contributed by atoms with van der Waals surface area (Å²) >= 11 is 0. The lowest BCUT2D eigenvalue weighted by Gasteiger charge is -2.04. The number of unbranched alkanes of at least 4 members (excludes halogenated alkanes) is 8. The lowest BCUT2D eigenvalue weighted by Crippen LogP contribution is -2.05. The molecular weight excluding hydrogens is 224 g/mol. The zero-order valence-corrected chi connectivity index (χ0v) is 12.1. The van der Waals surface area contributed by atoms with Gasteiger partial charge in [-0.2, -0.15) is 0 Å². The van der Waals surface area contributed by atoms with Gasteiger partial charge in [-0.3, -0.25) is 4.79 Å². The summed E-state index contributed by atoms with van der Waals surface area (Å²) in [7, 11) is 0. The van der Waals surface area contributed by atoms with Crippen molar-refractivity contribution in [3.63, 3.8) is 0 Å². The summed E-state index contributed by atoms with van der Waals surface area (Å²) in [5.74, 6) is -0.0557. The number of rotatable bonds is 13. The van der Waals surface area contributed by atoms with Crippen LogP contribution in [-0.2, 0) is 9.53 Å². The van der Waals surface area contributed by atoms with E-state index in [9.17, 15) is 4.79 Å². The lowest BCUT2D eigenvalue weighted by atomic mass is 10.1. The normalized spacial score (nSPS) is 10.3. The van der Waals surface area contributed by atoms with Gasteiger partial charge in [0.15, 0.2) is 0 Å². The Bertz CT molecular complexity index is 199. The molecule has 0 atom stereocenters. The van der Waals surface area contributed by atoms with Crippen LogP contribution in [0.1, 0.15) is 77.6 Å². The van der Waals surface area contributed by atoms with E-state index in [2.05, 4.69) is 13.5 Å². The monoisotopic (exact) mass is 254 g/mol. The predicted octanol–water partition coefficient (Wildman–Crippen LogP) is 5.03. The van der Waals surface area contributed by atoms with Gasteiger partial charge >= 0.3 is 5.97 Å². The summed E-state index contributed by atoms with van der Waals surface area (Å²) in [6.07, 6.45) is 14.3. The van der Waals surface area contributed by atoms with E-state index in [1.807, 2.05) is 6.08 Å². The molecule has 18 heavy (non-hydrogen) atoms. The predicted molar refractivity (Wildman–Crippen MR) is 77.6 cm³/mol. The molecule has 106 valence electrons. The number of esters is 1. The van der Waals surface area contributed by atoms with E-state index in [1.54, 1.807) is 0 Å². The van der Waals surface area contributed by atoms with Crippen LogP contribution in [0.15, 0.2) is 12.7 Å². The van der Waals surface area contributed by atoms with Gasteiger partial charge in [0, 0.05) is 6.42 Å². The van der Waals surface area contributed by atoms with Gasteiger partial charge in [0.2, 0.25) is 0 Å². The molecule has 0 fully saturated rings. The van der Waals surface area contributed by atoms with E-state index in [-0.39, 0.29) is 5.97 Å². The van der Waals surface area contributed by atoms with Crippen LogP contribution in [0.3, 0.4) is 0 Å². The molecule has 0 saturated heterocycles. The molecule has 0 radical (unpaired) electrons. The van der Waals surface area contributed by atoms with Crippen LogP contribution in [-0.4, -0.2) is 12.6 Å². The fourth-order valence-corrected chi connectivity index (χ4v) is 1.88. The van der Waals surface area contributed by atoms with Crippen LogP contribution in [0.5, 0.6) is 0 Å². The van der Waals surface area contributed by atoms with Crippen LogP contribution < -0.4 is 0 Å². The zero-order valence-electron chi connectivity index (χ0n) is 12.1. The minimum atomic E-state index is -0.0557. The Morgan fingerprint density at radius 1 is 1.00 bits per heavy atom. The van der Waals surface area contributed by atoms with Gasteiger partial charge in [-0.05, 0) is 19.3 Å². The third-order valence-electron chi connectivity index (χ3n) is 3.05. The Morgan fingerprint density at radius 3 is 2.22 bits per heavy atom. The highest BCUT2D eigenvalue weighted by Crippen LogP contribution is 2.08. The standard InChI is InChI=1S/C16H30O2/c1-3-5-7-8-9-10-11-13-15-18-16(17)14-12-6-4-2/h4H,2-3,5-15H2,1H3. The van der Waals surface area contributed by atoms with E-state index in [4.69, 9.17) is 4.74 Å². The maximum atomic E-state index is 11.3. The smallest absolute Gasteiger partial charge is 0.305 e. The topological polar surface area (TPSA) is 26.3 Å². The molecule has 0 saturated carbocycles. The van der Waals surface area contributed by atoms with Gasteiger partial charge in [-0.15, -0.1) is 6.58 Å². The van der Waals surface area contributed by atoms with Crippen LogP contribution in [0.4, 0.5) is 0 Å². The van der Waals surface area contributed by atoms with Crippen molar-refractivity contribution in [1.29, 1.82) is 0 Å². The molecule has 2 nitrogen and oxygen atoms in total. The maximum Gasteiger partial charge on any atom is 0.305 e. The molecule has 0 heterocycles. The van der Waals surface area contributed by atoms with Crippen molar-refractivity contribution in [1.82, 2.24) is 0 Å². The molecule has 0 aliphatic rings. The number of hydrogen-bond donors (Lipinski definition) is 0. The van der Waals surface area contributed by atoms with Crippen LogP contribution in [0, 0.1) is 0 Å². The maximum absolute atomic E-state index is 11.3. The van der Waals surface area contributed by atoms with Crippen molar-refractivity contribution in [3.8, 4) is 0 Å². The Morgan fingerprint density at radius 2 is 1.61 bits per heavy atom. The highest BCUT2D eigenvalue weighted by atomic mass is 16.5. The highest BCUT2D eigenvalue weighted by molar-refractivity contribution is 5.69. The summed E-state index contributed by atoms with van der Waals surface area (Å²) in [4.78, 5) is 11.3. The molecule has 0 aromatic rings. The molecule has 0 aliphatic heterocycles. The van der Waals surface area contributed by atoms with E-state index in [0.29, 0.717) is 13.0 Å². The third-order valence-corrected chi connectivity index (χ3v) is 3.05. The molecule has 0 bridgehead atoms. The molecule has 0 aliphatic carbocycles. The third kappa shape index (κ3) is 13.3. The van der Waals surface area contributed by atoms with Gasteiger partial charge in [-0.1, -0.05) is 57.9 Å². The van der Waals surface area contributed by atoms with Crippen molar-refractivity contribution in [2.45, 2.75) is 77.6 Å². The number of carbonyl (C=O) groups excluding carboxylic acids is 1. The average Bonchev–Trinajstić information content (AvgIpc) is 2.37. The quantitative estimate of drug-likeness (QED) is 0.262. The van der Waals surface area contributed by atoms with Gasteiger partial charge in [-0.25, -0.2) is 0 Å². The molecular formula is C16H30O2. The van der Waals surface area contributed by atoms with Crippen molar-refractivity contribution < 1.29 is 9.53 Å². The summed E-state index contributed by atoms with van der Waals surface area (Å²) < 4.78 is 5.16. The SMILES string of the molecule is C=CCCCC(=O)OCCCCCCCCCC. The van der Waals surface area contributed by atoms with Crippen molar-refractivity contribution in [2.24, 2.45) is 0 Å². The van der Waals surface area contributed by atoms with E-state index >= 15 is 0 Å². The Balaban J connectivity index is 3.10. The first-order valence-electron chi connectivity index (χ1n) is 7.57. The molecule has 2 heteroatoms. The Hall–Kier alpha value is -0.790. The number of carbonyl (C=O) groups is 1. The second-order valence-corrected chi connectivity index (χ2v) is 4.88. The zero-order chi connectivity index (χ0) is 13.5. The second-order valence-electron chi connectivity index (χ2n) is 4.88.